The van der Waals surface area contributed by atoms with Crippen LogP contribution in [0.5, 0.6) is 0 Å². The van der Waals surface area contributed by atoms with Crippen LogP contribution in [0.3, 0.4) is 0 Å². The van der Waals surface area contributed by atoms with E-state index < -0.39 is 20.8 Å². The predicted molar refractivity (Wildman–Crippen MR) is 71.7 cm³/mol. The van der Waals surface area contributed by atoms with Gasteiger partial charge in [-0.3, -0.25) is 10.1 Å². The van der Waals surface area contributed by atoms with Crippen LogP contribution < -0.4 is 4.90 Å². The zero-order valence-electron chi connectivity index (χ0n) is 10.8. The average molecular weight is 303 g/mol. The first-order chi connectivity index (χ1) is 9.29. The van der Waals surface area contributed by atoms with Crippen molar-refractivity contribution in [2.75, 3.05) is 37.3 Å². The molecule has 7 nitrogen and oxygen atoms in total. The molecule has 1 saturated heterocycles. The highest BCUT2D eigenvalue weighted by Gasteiger charge is 2.27. The molecule has 2 rings (SSSR count). The van der Waals surface area contributed by atoms with E-state index in [1.165, 1.54) is 10.4 Å². The second kappa shape index (κ2) is 5.33. The predicted octanol–water partition coefficient (Wildman–Crippen LogP) is 0.815. The van der Waals surface area contributed by atoms with Crippen LogP contribution in [0.1, 0.15) is 0 Å². The minimum absolute atomic E-state index is 0.257. The van der Waals surface area contributed by atoms with Crippen LogP contribution in [0.25, 0.3) is 0 Å². The molecule has 0 aliphatic carbocycles. The number of hydrogen-bond donors (Lipinski definition) is 0. The number of nitro groups is 1. The van der Waals surface area contributed by atoms with Crippen LogP contribution in [-0.2, 0) is 10.0 Å². The maximum atomic E-state index is 13.1. The summed E-state index contributed by atoms with van der Waals surface area (Å²) in [4.78, 5) is 12.0. The van der Waals surface area contributed by atoms with Gasteiger partial charge in [-0.05, 0) is 12.1 Å². The maximum absolute atomic E-state index is 13.1. The lowest BCUT2D eigenvalue weighted by Crippen LogP contribution is -2.48. The second-order valence-corrected chi connectivity index (χ2v) is 6.52. The lowest BCUT2D eigenvalue weighted by atomic mass is 10.2. The minimum Gasteiger partial charge on any atom is -0.363 e. The third-order valence-electron chi connectivity index (χ3n) is 3.18. The summed E-state index contributed by atoms with van der Waals surface area (Å²) in [5.41, 5.74) is 0.00218. The van der Waals surface area contributed by atoms with E-state index in [2.05, 4.69) is 0 Å². The Morgan fingerprint density at radius 2 is 1.85 bits per heavy atom. The van der Waals surface area contributed by atoms with E-state index in [1.807, 2.05) is 0 Å². The largest absolute Gasteiger partial charge is 0.363 e. The van der Waals surface area contributed by atoms with Crippen molar-refractivity contribution in [3.05, 3.63) is 34.1 Å². The number of sulfonamides is 1. The monoisotopic (exact) mass is 303 g/mol. The van der Waals surface area contributed by atoms with Gasteiger partial charge >= 0.3 is 0 Å². The Morgan fingerprint density at radius 1 is 1.25 bits per heavy atom. The number of benzene rings is 1. The van der Waals surface area contributed by atoms with E-state index in [-0.39, 0.29) is 18.8 Å². The van der Waals surface area contributed by atoms with E-state index in [9.17, 15) is 22.9 Å². The SMILES string of the molecule is CS(=O)(=O)N1CCN(c2ccc(F)cc2[N+](=O)[O-])CC1. The van der Waals surface area contributed by atoms with Crippen molar-refractivity contribution in [1.29, 1.82) is 0 Å². The van der Waals surface area contributed by atoms with Gasteiger partial charge in [0.05, 0.1) is 17.2 Å². The molecule has 0 spiro atoms. The van der Waals surface area contributed by atoms with E-state index in [4.69, 9.17) is 0 Å². The van der Waals surface area contributed by atoms with Crippen LogP contribution in [0, 0.1) is 15.9 Å². The van der Waals surface area contributed by atoms with E-state index in [0.717, 1.165) is 18.4 Å². The highest BCUT2D eigenvalue weighted by atomic mass is 32.2. The fraction of sp³-hybridized carbons (Fsp3) is 0.455. The summed E-state index contributed by atoms with van der Waals surface area (Å²) < 4.78 is 37.2. The summed E-state index contributed by atoms with van der Waals surface area (Å²) in [7, 11) is -3.25. The van der Waals surface area contributed by atoms with Gasteiger partial charge in [0.2, 0.25) is 10.0 Å². The summed E-state index contributed by atoms with van der Waals surface area (Å²) in [6.07, 6.45) is 1.13. The molecule has 1 aromatic rings. The summed E-state index contributed by atoms with van der Waals surface area (Å²) in [6, 6.07) is 3.38. The molecule has 1 aliphatic rings. The summed E-state index contributed by atoms with van der Waals surface area (Å²) in [5, 5.41) is 10.9. The third-order valence-corrected chi connectivity index (χ3v) is 4.49. The molecule has 110 valence electrons. The van der Waals surface area contributed by atoms with Crippen molar-refractivity contribution in [2.45, 2.75) is 0 Å². The highest BCUT2D eigenvalue weighted by Crippen LogP contribution is 2.29. The molecule has 0 radical (unpaired) electrons. The summed E-state index contributed by atoms with van der Waals surface area (Å²) >= 11 is 0. The first-order valence-corrected chi connectivity index (χ1v) is 7.78. The molecule has 0 aromatic heterocycles. The van der Waals surface area contributed by atoms with Gasteiger partial charge in [-0.2, -0.15) is 4.31 Å². The number of hydrogen-bond acceptors (Lipinski definition) is 5. The lowest BCUT2D eigenvalue weighted by Gasteiger charge is -2.34. The molecule has 1 aliphatic heterocycles. The van der Waals surface area contributed by atoms with Crippen molar-refractivity contribution in [2.24, 2.45) is 0 Å². The van der Waals surface area contributed by atoms with Gasteiger partial charge in [0.15, 0.2) is 0 Å². The molecule has 1 fully saturated rings. The van der Waals surface area contributed by atoms with Crippen molar-refractivity contribution in [3.63, 3.8) is 0 Å². The Kier molecular flexibility index (Phi) is 3.91. The summed E-state index contributed by atoms with van der Waals surface area (Å²) in [5.74, 6) is -0.671. The molecule has 0 bridgehead atoms. The third kappa shape index (κ3) is 3.05. The topological polar surface area (TPSA) is 83.8 Å². The molecular weight excluding hydrogens is 289 g/mol. The molecule has 0 atom stereocenters. The lowest BCUT2D eigenvalue weighted by molar-refractivity contribution is -0.384. The van der Waals surface area contributed by atoms with Gasteiger partial charge in [-0.15, -0.1) is 0 Å². The zero-order chi connectivity index (χ0) is 14.9. The van der Waals surface area contributed by atoms with Crippen molar-refractivity contribution >= 4 is 21.4 Å². The fourth-order valence-electron chi connectivity index (χ4n) is 2.17. The number of piperazine rings is 1. The number of nitrogens with zero attached hydrogens (tertiary/aromatic N) is 3. The van der Waals surface area contributed by atoms with E-state index in [1.54, 1.807) is 4.90 Å². The summed E-state index contributed by atoms with van der Waals surface area (Å²) in [6.45, 7) is 1.18. The first-order valence-electron chi connectivity index (χ1n) is 5.93. The van der Waals surface area contributed by atoms with Gasteiger partial charge in [0.25, 0.3) is 5.69 Å². The standard InChI is InChI=1S/C11H14FN3O4S/c1-20(18,19)14-6-4-13(5-7-14)10-3-2-9(12)8-11(10)15(16)17/h2-3,8H,4-7H2,1H3. The molecule has 0 saturated carbocycles. The highest BCUT2D eigenvalue weighted by molar-refractivity contribution is 7.88. The van der Waals surface area contributed by atoms with Crippen molar-refractivity contribution in [1.82, 2.24) is 4.31 Å². The second-order valence-electron chi connectivity index (χ2n) is 4.54. The van der Waals surface area contributed by atoms with Gasteiger partial charge in [-0.1, -0.05) is 0 Å². The first kappa shape index (κ1) is 14.7. The average Bonchev–Trinajstić information content (AvgIpc) is 2.37. The van der Waals surface area contributed by atoms with Crippen molar-refractivity contribution < 1.29 is 17.7 Å². The number of nitro benzene ring substituents is 1. The number of anilines is 1. The minimum atomic E-state index is -3.25. The number of rotatable bonds is 3. The normalized spacial score (nSPS) is 17.2. The van der Waals surface area contributed by atoms with Crippen LogP contribution in [0.4, 0.5) is 15.8 Å². The molecule has 1 aromatic carbocycles. The van der Waals surface area contributed by atoms with Crippen LogP contribution in [0.2, 0.25) is 0 Å². The van der Waals surface area contributed by atoms with Gasteiger partial charge in [-0.25, -0.2) is 12.8 Å². The molecular formula is C11H14FN3O4S. The smallest absolute Gasteiger partial charge is 0.295 e. The maximum Gasteiger partial charge on any atom is 0.295 e. The van der Waals surface area contributed by atoms with Crippen LogP contribution in [0.15, 0.2) is 18.2 Å². The van der Waals surface area contributed by atoms with E-state index >= 15 is 0 Å². The molecule has 9 heteroatoms. The molecule has 0 amide bonds. The molecule has 0 unspecified atom stereocenters. The quantitative estimate of drug-likeness (QED) is 0.609. The zero-order valence-corrected chi connectivity index (χ0v) is 11.6. The van der Waals surface area contributed by atoms with Crippen LogP contribution >= 0.6 is 0 Å². The fourth-order valence-corrected chi connectivity index (χ4v) is 3.00. The Labute approximate surface area is 115 Å². The van der Waals surface area contributed by atoms with Gasteiger partial charge in [0, 0.05) is 26.2 Å². The van der Waals surface area contributed by atoms with Gasteiger partial charge in [0.1, 0.15) is 11.5 Å². The molecule has 1 heterocycles. The Hall–Kier alpha value is -1.74. The van der Waals surface area contributed by atoms with Crippen molar-refractivity contribution in [3.8, 4) is 0 Å². The Morgan fingerprint density at radius 3 is 2.35 bits per heavy atom. The van der Waals surface area contributed by atoms with Gasteiger partial charge < -0.3 is 4.90 Å². The number of halogens is 1. The van der Waals surface area contributed by atoms with E-state index in [0.29, 0.717) is 18.8 Å². The Bertz CT molecular complexity index is 627. The Balaban J connectivity index is 2.21. The molecule has 20 heavy (non-hydrogen) atoms. The van der Waals surface area contributed by atoms with Crippen LogP contribution in [-0.4, -0.2) is 50.1 Å². The molecule has 0 N–H and O–H groups in total.